The van der Waals surface area contributed by atoms with Gasteiger partial charge in [-0.25, -0.2) is 9.37 Å². The van der Waals surface area contributed by atoms with Gasteiger partial charge in [0.25, 0.3) is 5.91 Å². The molecule has 192 valence electrons. The van der Waals surface area contributed by atoms with Gasteiger partial charge < -0.3 is 14.6 Å². The highest BCUT2D eigenvalue weighted by atomic mass is 19.4. The van der Waals surface area contributed by atoms with Crippen LogP contribution in [0, 0.1) is 25.2 Å². The van der Waals surface area contributed by atoms with Crippen LogP contribution in [0.25, 0.3) is 11.3 Å². The Bertz CT molecular complexity index is 1420. The number of esters is 1. The van der Waals surface area contributed by atoms with E-state index < -0.39 is 41.7 Å². The molecule has 0 aliphatic carbocycles. The lowest BCUT2D eigenvalue weighted by Crippen LogP contribution is -2.58. The molecule has 3 aromatic rings. The largest absolute Gasteiger partial charge is 0.458 e. The Morgan fingerprint density at radius 2 is 1.81 bits per heavy atom. The number of H-pyrrole nitrogens is 1. The van der Waals surface area contributed by atoms with Gasteiger partial charge in [0.2, 0.25) is 0 Å². The number of nitrogens with zero attached hydrogens (tertiary/aromatic N) is 3. The molecular weight excluding hydrogens is 492 g/mol. The van der Waals surface area contributed by atoms with Gasteiger partial charge in [0.1, 0.15) is 23.8 Å². The zero-order valence-electron chi connectivity index (χ0n) is 20.2. The smallest absolute Gasteiger partial charge is 0.433 e. The van der Waals surface area contributed by atoms with Crippen molar-refractivity contribution in [3.63, 3.8) is 0 Å². The number of nitrogens with one attached hydrogen (secondary N) is 1. The third-order valence-corrected chi connectivity index (χ3v) is 6.21. The Morgan fingerprint density at radius 1 is 1.16 bits per heavy atom. The van der Waals surface area contributed by atoms with Crippen molar-refractivity contribution in [2.45, 2.75) is 39.2 Å². The number of carbonyl (C=O) groups is 2. The lowest BCUT2D eigenvalue weighted by Gasteiger charge is -2.45. The van der Waals surface area contributed by atoms with E-state index in [1.165, 1.54) is 35.2 Å². The number of aromatic nitrogens is 2. The minimum absolute atomic E-state index is 0.0747. The molecular formula is C26H22F4N4O3. The lowest BCUT2D eigenvalue weighted by molar-refractivity contribution is -0.142. The highest BCUT2D eigenvalue weighted by molar-refractivity contribution is 5.98. The summed E-state index contributed by atoms with van der Waals surface area (Å²) in [6.45, 7) is 3.43. The maximum atomic E-state index is 15.4. The number of carbonyl (C=O) groups excluding carboxylic acids is 2. The van der Waals surface area contributed by atoms with E-state index in [1.54, 1.807) is 19.9 Å². The van der Waals surface area contributed by atoms with E-state index >= 15 is 4.39 Å². The fourth-order valence-electron chi connectivity index (χ4n) is 4.30. The van der Waals surface area contributed by atoms with Crippen molar-refractivity contribution >= 4 is 11.9 Å². The number of likely N-dealkylation sites (tertiary alicyclic amines) is 1. The molecule has 2 heterocycles. The molecule has 0 bridgehead atoms. The first-order valence-electron chi connectivity index (χ1n) is 11.2. The van der Waals surface area contributed by atoms with Crippen molar-refractivity contribution in [2.24, 2.45) is 0 Å². The first-order chi connectivity index (χ1) is 17.3. The van der Waals surface area contributed by atoms with Crippen molar-refractivity contribution in [3.05, 3.63) is 75.7 Å². The van der Waals surface area contributed by atoms with Crippen LogP contribution in [0.2, 0.25) is 0 Å². The summed E-state index contributed by atoms with van der Waals surface area (Å²) in [5, 5.41) is 8.92. The molecule has 1 fully saturated rings. The van der Waals surface area contributed by atoms with Gasteiger partial charge in [-0.05, 0) is 48.7 Å². The van der Waals surface area contributed by atoms with Gasteiger partial charge in [-0.2, -0.15) is 18.4 Å². The predicted octanol–water partition coefficient (Wildman–Crippen LogP) is 4.97. The van der Waals surface area contributed by atoms with Crippen LogP contribution < -0.4 is 0 Å². The van der Waals surface area contributed by atoms with Gasteiger partial charge >= 0.3 is 12.1 Å². The van der Waals surface area contributed by atoms with E-state index in [9.17, 15) is 22.8 Å². The monoisotopic (exact) mass is 514 g/mol. The van der Waals surface area contributed by atoms with Crippen LogP contribution in [0.3, 0.4) is 0 Å². The average molecular weight is 514 g/mol. The lowest BCUT2D eigenvalue weighted by atomic mass is 9.86. The second-order valence-corrected chi connectivity index (χ2v) is 8.98. The van der Waals surface area contributed by atoms with Crippen LogP contribution in [-0.2, 0) is 28.0 Å². The molecule has 1 saturated heterocycles. The summed E-state index contributed by atoms with van der Waals surface area (Å²) < 4.78 is 61.5. The molecule has 1 N–H and O–H groups in total. The van der Waals surface area contributed by atoms with E-state index in [4.69, 9.17) is 10.00 Å². The molecule has 1 amide bonds. The zero-order valence-corrected chi connectivity index (χ0v) is 20.2. The highest BCUT2D eigenvalue weighted by Gasteiger charge is 2.47. The second-order valence-electron chi connectivity index (χ2n) is 8.98. The number of rotatable bonds is 5. The Hall–Kier alpha value is -4.20. The number of hydrogen-bond acceptors (Lipinski definition) is 5. The van der Waals surface area contributed by atoms with E-state index in [0.717, 1.165) is 6.92 Å². The van der Waals surface area contributed by atoms with Crippen LogP contribution in [-0.4, -0.2) is 39.8 Å². The quantitative estimate of drug-likeness (QED) is 0.383. The molecule has 0 saturated carbocycles. The van der Waals surface area contributed by atoms with Gasteiger partial charge in [-0.3, -0.25) is 9.59 Å². The van der Waals surface area contributed by atoms with Gasteiger partial charge in [-0.1, -0.05) is 18.2 Å². The van der Waals surface area contributed by atoms with Crippen molar-refractivity contribution in [1.82, 2.24) is 14.9 Å². The number of halogens is 4. The summed E-state index contributed by atoms with van der Waals surface area (Å²) in [5.74, 6) is -1.40. The number of alkyl halides is 4. The third kappa shape index (κ3) is 5.05. The summed E-state index contributed by atoms with van der Waals surface area (Å²) in [4.78, 5) is 31.8. The molecule has 2 aromatic carbocycles. The van der Waals surface area contributed by atoms with Crippen molar-refractivity contribution in [2.75, 3.05) is 13.1 Å². The van der Waals surface area contributed by atoms with Crippen LogP contribution >= 0.6 is 0 Å². The van der Waals surface area contributed by atoms with Crippen molar-refractivity contribution in [3.8, 4) is 17.3 Å². The Morgan fingerprint density at radius 3 is 2.38 bits per heavy atom. The molecule has 7 nitrogen and oxygen atoms in total. The zero-order chi connectivity index (χ0) is 27.1. The fourth-order valence-corrected chi connectivity index (χ4v) is 4.30. The molecule has 0 atom stereocenters. The summed E-state index contributed by atoms with van der Waals surface area (Å²) in [6, 6.07) is 10.9. The molecule has 0 unspecified atom stereocenters. The average Bonchev–Trinajstić information content (AvgIpc) is 3.25. The summed E-state index contributed by atoms with van der Waals surface area (Å²) in [5.41, 5.74) is -1.46. The minimum atomic E-state index is -4.79. The number of aryl methyl sites for hydroxylation is 2. The van der Waals surface area contributed by atoms with Crippen molar-refractivity contribution < 1.29 is 31.9 Å². The molecule has 11 heteroatoms. The first-order valence-corrected chi connectivity index (χ1v) is 11.2. The van der Waals surface area contributed by atoms with E-state index in [1.807, 2.05) is 6.07 Å². The van der Waals surface area contributed by atoms with Crippen molar-refractivity contribution in [1.29, 1.82) is 5.26 Å². The Labute approximate surface area is 209 Å². The number of aromatic amines is 1. The van der Waals surface area contributed by atoms with Crippen LogP contribution in [0.1, 0.15) is 51.1 Å². The molecule has 0 radical (unpaired) electrons. The second kappa shape index (κ2) is 9.35. The number of imidazole rings is 1. The number of amides is 1. The van der Waals surface area contributed by atoms with Crippen LogP contribution in [0.15, 0.2) is 36.4 Å². The van der Waals surface area contributed by atoms with E-state index in [0.29, 0.717) is 22.3 Å². The molecule has 0 spiro atoms. The van der Waals surface area contributed by atoms with Crippen LogP contribution in [0.4, 0.5) is 17.6 Å². The Balaban J connectivity index is 1.64. The molecule has 37 heavy (non-hydrogen) atoms. The maximum absolute atomic E-state index is 15.4. The Kier molecular flexibility index (Phi) is 6.54. The summed E-state index contributed by atoms with van der Waals surface area (Å²) in [6.07, 6.45) is -4.79. The predicted molar refractivity (Wildman–Crippen MR) is 124 cm³/mol. The molecule has 4 rings (SSSR count). The highest BCUT2D eigenvalue weighted by Crippen LogP contribution is 2.40. The number of nitriles is 1. The number of benzene rings is 2. The van der Waals surface area contributed by atoms with E-state index in [2.05, 4.69) is 9.97 Å². The maximum Gasteiger partial charge on any atom is 0.433 e. The summed E-state index contributed by atoms with van der Waals surface area (Å²) in [7, 11) is 0. The van der Waals surface area contributed by atoms with Gasteiger partial charge in [0.05, 0.1) is 24.7 Å². The van der Waals surface area contributed by atoms with Gasteiger partial charge in [-0.15, -0.1) is 0 Å². The van der Waals surface area contributed by atoms with Gasteiger partial charge in [0, 0.05) is 18.1 Å². The normalized spacial score (nSPS) is 14.6. The fraction of sp³-hybridized carbons (Fsp3) is 0.308. The minimum Gasteiger partial charge on any atom is -0.458 e. The molecule has 1 aliphatic heterocycles. The molecule has 1 aromatic heterocycles. The standard InChI is InChI=1S/C26H22F4N4O3/c1-14-8-15(2)20(24(36)34-12-25(27,13-34)18-6-4-17(10-31)5-7-18)9-19(14)22-23(26(28,29)30)33-21(32-22)11-37-16(3)35/h4-9H,11-13H2,1-3H3,(H,32,33). The SMILES string of the molecule is CC(=O)OCc1nc(-c2cc(C(=O)N3CC(F)(c4ccc(C#N)cc4)C3)c(C)cc2C)c(C(F)(F)F)[nH]1. The topological polar surface area (TPSA) is 99.1 Å². The molecule has 1 aliphatic rings. The first kappa shape index (κ1) is 25.9. The van der Waals surface area contributed by atoms with Gasteiger partial charge in [0.15, 0.2) is 5.67 Å². The third-order valence-electron chi connectivity index (χ3n) is 6.21. The number of hydrogen-bond donors (Lipinski definition) is 1. The van der Waals surface area contributed by atoms with E-state index in [-0.39, 0.29) is 30.0 Å². The van der Waals surface area contributed by atoms with Crippen LogP contribution in [0.5, 0.6) is 0 Å². The summed E-state index contributed by atoms with van der Waals surface area (Å²) >= 11 is 0. The number of ether oxygens (including phenoxy) is 1.